The van der Waals surface area contributed by atoms with Crippen LogP contribution in [0.2, 0.25) is 0 Å². The van der Waals surface area contributed by atoms with Crippen LogP contribution in [0, 0.1) is 0 Å². The van der Waals surface area contributed by atoms with E-state index in [0.717, 1.165) is 0 Å². The quantitative estimate of drug-likeness (QED) is 0.332. The first-order valence-corrected chi connectivity index (χ1v) is 4.30. The summed E-state index contributed by atoms with van der Waals surface area (Å²) in [6.45, 7) is 3.62. The second-order valence-corrected chi connectivity index (χ2v) is 3.38. The summed E-state index contributed by atoms with van der Waals surface area (Å²) in [5.74, 6) is -0.510. The average molecular weight is 199 g/mol. The van der Waals surface area contributed by atoms with E-state index in [9.17, 15) is 4.79 Å². The van der Waals surface area contributed by atoms with Crippen molar-refractivity contribution in [2.45, 2.75) is 25.8 Å². The number of aliphatic imine (C=N–C) groups is 1. The van der Waals surface area contributed by atoms with Gasteiger partial charge in [0.1, 0.15) is 5.54 Å². The summed E-state index contributed by atoms with van der Waals surface area (Å²) in [7, 11) is 0. The molecule has 0 amide bonds. The molecule has 0 aromatic rings. The number of aliphatic carboxylic acids is 1. The third kappa shape index (κ3) is 5.31. The van der Waals surface area contributed by atoms with Gasteiger partial charge < -0.3 is 16.6 Å². The van der Waals surface area contributed by atoms with E-state index >= 15 is 0 Å². The van der Waals surface area contributed by atoms with Crippen molar-refractivity contribution in [3.63, 3.8) is 0 Å². The Labute approximate surface area is 83.5 Å². The van der Waals surface area contributed by atoms with Gasteiger partial charge in [-0.1, -0.05) is 12.2 Å². The highest BCUT2D eigenvalue weighted by atomic mass is 16.4. The van der Waals surface area contributed by atoms with Crippen molar-refractivity contribution in [1.29, 1.82) is 0 Å². The van der Waals surface area contributed by atoms with E-state index in [0.29, 0.717) is 12.4 Å². The number of nitrogens with zero attached hydrogens (tertiary/aromatic N) is 1. The Kier molecular flexibility index (Phi) is 4.86. The number of amidine groups is 1. The molecular weight excluding hydrogens is 182 g/mol. The number of hydrogen-bond donors (Lipinski definition) is 3. The van der Waals surface area contributed by atoms with Gasteiger partial charge in [-0.05, 0) is 20.3 Å². The van der Waals surface area contributed by atoms with Crippen LogP contribution in [0.15, 0.2) is 17.1 Å². The molecule has 5 heteroatoms. The van der Waals surface area contributed by atoms with E-state index in [-0.39, 0.29) is 6.42 Å². The summed E-state index contributed by atoms with van der Waals surface area (Å²) in [5, 5.41) is 8.68. The van der Waals surface area contributed by atoms with Crippen LogP contribution in [0.3, 0.4) is 0 Å². The summed E-state index contributed by atoms with van der Waals surface area (Å²) in [6.07, 6.45) is 3.71. The first-order chi connectivity index (χ1) is 6.36. The number of rotatable bonds is 5. The van der Waals surface area contributed by atoms with E-state index in [4.69, 9.17) is 16.6 Å². The van der Waals surface area contributed by atoms with Gasteiger partial charge in [0, 0.05) is 0 Å². The molecule has 0 aromatic carbocycles. The highest BCUT2D eigenvalue weighted by Crippen LogP contribution is 2.06. The van der Waals surface area contributed by atoms with Crippen LogP contribution in [-0.4, -0.2) is 29.0 Å². The molecule has 0 aliphatic heterocycles. The molecule has 0 radical (unpaired) electrons. The van der Waals surface area contributed by atoms with Gasteiger partial charge in [-0.25, -0.2) is 0 Å². The lowest BCUT2D eigenvalue weighted by Crippen LogP contribution is -2.44. The van der Waals surface area contributed by atoms with E-state index in [1.165, 1.54) is 6.92 Å². The van der Waals surface area contributed by atoms with E-state index < -0.39 is 11.5 Å². The molecule has 80 valence electrons. The van der Waals surface area contributed by atoms with Gasteiger partial charge >= 0.3 is 5.97 Å². The Morgan fingerprint density at radius 1 is 1.57 bits per heavy atom. The lowest BCUT2D eigenvalue weighted by Gasteiger charge is -2.15. The summed E-state index contributed by atoms with van der Waals surface area (Å²) in [4.78, 5) is 14.5. The van der Waals surface area contributed by atoms with Crippen LogP contribution in [0.4, 0.5) is 0 Å². The summed E-state index contributed by atoms with van der Waals surface area (Å²) < 4.78 is 0. The Bertz CT molecular complexity index is 253. The van der Waals surface area contributed by atoms with E-state index in [1.807, 2.05) is 0 Å². The van der Waals surface area contributed by atoms with Crippen LogP contribution >= 0.6 is 0 Å². The zero-order valence-corrected chi connectivity index (χ0v) is 8.53. The maximum Gasteiger partial charge on any atom is 0.323 e. The number of carbonyl (C=O) groups is 1. The molecular formula is C9H17N3O2. The fraction of sp³-hybridized carbons (Fsp3) is 0.556. The molecule has 0 saturated heterocycles. The fourth-order valence-electron chi connectivity index (χ4n) is 0.687. The number of carboxylic acids is 1. The van der Waals surface area contributed by atoms with Crippen molar-refractivity contribution in [3.05, 3.63) is 12.2 Å². The number of hydrogen-bond acceptors (Lipinski definition) is 3. The first kappa shape index (κ1) is 12.6. The van der Waals surface area contributed by atoms with Gasteiger partial charge in [0.05, 0.1) is 12.4 Å². The van der Waals surface area contributed by atoms with Crippen molar-refractivity contribution in [2.24, 2.45) is 16.5 Å². The van der Waals surface area contributed by atoms with E-state index in [2.05, 4.69) is 4.99 Å². The fourth-order valence-corrected chi connectivity index (χ4v) is 0.687. The molecule has 0 fully saturated rings. The van der Waals surface area contributed by atoms with Gasteiger partial charge in [-0.2, -0.15) is 0 Å². The third-order valence-electron chi connectivity index (χ3n) is 1.64. The Hall–Kier alpha value is -1.36. The molecule has 0 aromatic heterocycles. The lowest BCUT2D eigenvalue weighted by atomic mass is 10.00. The summed E-state index contributed by atoms with van der Waals surface area (Å²) in [5.41, 5.74) is 9.59. The molecule has 0 rings (SSSR count). The Morgan fingerprint density at radius 2 is 2.14 bits per heavy atom. The average Bonchev–Trinajstić information content (AvgIpc) is 2.02. The maximum atomic E-state index is 10.6. The molecule has 5 nitrogen and oxygen atoms in total. The van der Waals surface area contributed by atoms with Gasteiger partial charge in [0.2, 0.25) is 0 Å². The van der Waals surface area contributed by atoms with Crippen LogP contribution in [0.5, 0.6) is 0 Å². The number of nitrogens with two attached hydrogens (primary N) is 2. The van der Waals surface area contributed by atoms with E-state index in [1.54, 1.807) is 19.1 Å². The lowest BCUT2D eigenvalue weighted by molar-refractivity contribution is -0.142. The normalized spacial score (nSPS) is 16.9. The predicted molar refractivity (Wildman–Crippen MR) is 56.1 cm³/mol. The predicted octanol–water partition coefficient (Wildman–Crippen LogP) is 0.112. The molecule has 0 unspecified atom stereocenters. The van der Waals surface area contributed by atoms with Crippen LogP contribution in [0.1, 0.15) is 20.3 Å². The smallest absolute Gasteiger partial charge is 0.323 e. The minimum absolute atomic E-state index is 0.279. The Balaban J connectivity index is 3.94. The summed E-state index contributed by atoms with van der Waals surface area (Å²) >= 11 is 0. The van der Waals surface area contributed by atoms with Crippen molar-refractivity contribution >= 4 is 11.8 Å². The van der Waals surface area contributed by atoms with Gasteiger partial charge in [-0.15, -0.1) is 0 Å². The molecule has 0 spiro atoms. The molecule has 5 N–H and O–H groups in total. The monoisotopic (exact) mass is 199 g/mol. The minimum atomic E-state index is -1.21. The molecule has 0 saturated carbocycles. The number of carboxylic acid groups (broad SMARTS) is 1. The second kappa shape index (κ2) is 5.39. The third-order valence-corrected chi connectivity index (χ3v) is 1.64. The van der Waals surface area contributed by atoms with Crippen molar-refractivity contribution in [1.82, 2.24) is 0 Å². The molecule has 0 aliphatic carbocycles. The zero-order valence-electron chi connectivity index (χ0n) is 8.53. The van der Waals surface area contributed by atoms with Crippen LogP contribution in [0.25, 0.3) is 0 Å². The molecule has 14 heavy (non-hydrogen) atoms. The zero-order chi connectivity index (χ0) is 11.2. The summed E-state index contributed by atoms with van der Waals surface area (Å²) in [6, 6.07) is 0. The highest BCUT2D eigenvalue weighted by molar-refractivity contribution is 5.78. The second-order valence-electron chi connectivity index (χ2n) is 3.38. The van der Waals surface area contributed by atoms with Gasteiger partial charge in [0.25, 0.3) is 0 Å². The molecule has 0 heterocycles. The maximum absolute atomic E-state index is 10.6. The van der Waals surface area contributed by atoms with Gasteiger partial charge in [-0.3, -0.25) is 9.79 Å². The Morgan fingerprint density at radius 3 is 2.57 bits per heavy atom. The van der Waals surface area contributed by atoms with Crippen molar-refractivity contribution in [2.75, 3.05) is 6.54 Å². The largest absolute Gasteiger partial charge is 0.480 e. The van der Waals surface area contributed by atoms with Crippen LogP contribution < -0.4 is 11.5 Å². The molecule has 0 aliphatic rings. The van der Waals surface area contributed by atoms with Crippen molar-refractivity contribution < 1.29 is 9.90 Å². The molecule has 1 atom stereocenters. The highest BCUT2D eigenvalue weighted by Gasteiger charge is 2.25. The standard InChI is InChI=1S/C9H17N3O2/c1-7(10)12-6-4-3-5-9(2,11)8(13)14/h3-4H,5-6,11H2,1-2H3,(H2,10,12)(H,13,14)/t9-/m0/s1. The first-order valence-electron chi connectivity index (χ1n) is 4.30. The topological polar surface area (TPSA) is 102 Å². The van der Waals surface area contributed by atoms with Crippen LogP contribution in [-0.2, 0) is 4.79 Å². The van der Waals surface area contributed by atoms with Gasteiger partial charge in [0.15, 0.2) is 0 Å². The molecule has 0 bridgehead atoms. The SMILES string of the molecule is CC(N)=NCC=CC[C@](C)(N)C(=O)O. The minimum Gasteiger partial charge on any atom is -0.480 e. The van der Waals surface area contributed by atoms with Crippen molar-refractivity contribution in [3.8, 4) is 0 Å².